The summed E-state index contributed by atoms with van der Waals surface area (Å²) < 4.78 is 18.4. The molecular formula is C11H15BrFNO2. The van der Waals surface area contributed by atoms with Crippen molar-refractivity contribution in [1.82, 2.24) is 0 Å². The maximum Gasteiger partial charge on any atom is 0.137 e. The molecule has 0 aliphatic rings. The standard InChI is InChI=1S/C11H15BrFNO2/c1-2-16-7-9(15)6-14-8-3-4-11(13)10(12)5-8/h3-5,9,14-15H,2,6-7H2,1H3. The van der Waals surface area contributed by atoms with Gasteiger partial charge in [0.05, 0.1) is 17.2 Å². The molecule has 2 N–H and O–H groups in total. The minimum absolute atomic E-state index is 0.297. The highest BCUT2D eigenvalue weighted by molar-refractivity contribution is 9.10. The fourth-order valence-electron chi connectivity index (χ4n) is 1.15. The van der Waals surface area contributed by atoms with Gasteiger partial charge in [-0.05, 0) is 41.1 Å². The van der Waals surface area contributed by atoms with Gasteiger partial charge in [-0.3, -0.25) is 0 Å². The predicted octanol–water partition coefficient (Wildman–Crippen LogP) is 2.40. The van der Waals surface area contributed by atoms with Gasteiger partial charge in [0.15, 0.2) is 0 Å². The predicted molar refractivity (Wildman–Crippen MR) is 65.1 cm³/mol. The topological polar surface area (TPSA) is 41.5 Å². The largest absolute Gasteiger partial charge is 0.389 e. The monoisotopic (exact) mass is 291 g/mol. The zero-order chi connectivity index (χ0) is 12.0. The number of aliphatic hydroxyl groups excluding tert-OH is 1. The van der Waals surface area contributed by atoms with Gasteiger partial charge < -0.3 is 15.2 Å². The number of anilines is 1. The van der Waals surface area contributed by atoms with E-state index in [1.165, 1.54) is 6.07 Å². The first-order valence-corrected chi connectivity index (χ1v) is 5.87. The first kappa shape index (κ1) is 13.4. The molecule has 5 heteroatoms. The minimum Gasteiger partial charge on any atom is -0.389 e. The second-order valence-corrected chi connectivity index (χ2v) is 4.18. The second-order valence-electron chi connectivity index (χ2n) is 3.32. The Balaban J connectivity index is 2.39. The van der Waals surface area contributed by atoms with E-state index < -0.39 is 6.10 Å². The van der Waals surface area contributed by atoms with Crippen LogP contribution in [0.5, 0.6) is 0 Å². The van der Waals surface area contributed by atoms with Gasteiger partial charge in [-0.15, -0.1) is 0 Å². The molecule has 1 atom stereocenters. The lowest BCUT2D eigenvalue weighted by atomic mass is 10.3. The van der Waals surface area contributed by atoms with Crippen LogP contribution in [0.4, 0.5) is 10.1 Å². The van der Waals surface area contributed by atoms with Crippen LogP contribution >= 0.6 is 15.9 Å². The Bertz CT molecular complexity index is 336. The van der Waals surface area contributed by atoms with Gasteiger partial charge in [-0.25, -0.2) is 4.39 Å². The van der Waals surface area contributed by atoms with Crippen molar-refractivity contribution in [3.63, 3.8) is 0 Å². The van der Waals surface area contributed by atoms with Crippen LogP contribution in [0.3, 0.4) is 0 Å². The molecule has 0 aromatic heterocycles. The lowest BCUT2D eigenvalue weighted by Gasteiger charge is -2.12. The molecule has 0 saturated heterocycles. The number of ether oxygens (including phenoxy) is 1. The third kappa shape index (κ3) is 4.47. The van der Waals surface area contributed by atoms with E-state index in [0.717, 1.165) is 5.69 Å². The molecule has 0 radical (unpaired) electrons. The SMILES string of the molecule is CCOCC(O)CNc1ccc(F)c(Br)c1. The Morgan fingerprint density at radius 1 is 1.56 bits per heavy atom. The van der Waals surface area contributed by atoms with E-state index in [1.54, 1.807) is 12.1 Å². The molecule has 16 heavy (non-hydrogen) atoms. The van der Waals surface area contributed by atoms with Gasteiger partial charge >= 0.3 is 0 Å². The number of aliphatic hydroxyl groups is 1. The van der Waals surface area contributed by atoms with Crippen LogP contribution in [0, 0.1) is 5.82 Å². The number of nitrogens with one attached hydrogen (secondary N) is 1. The summed E-state index contributed by atoms with van der Waals surface area (Å²) in [6, 6.07) is 4.61. The van der Waals surface area contributed by atoms with Gasteiger partial charge in [0, 0.05) is 18.8 Å². The Morgan fingerprint density at radius 3 is 2.94 bits per heavy atom. The molecule has 0 fully saturated rings. The van der Waals surface area contributed by atoms with E-state index in [2.05, 4.69) is 21.2 Å². The van der Waals surface area contributed by atoms with Crippen LogP contribution < -0.4 is 5.32 Å². The van der Waals surface area contributed by atoms with E-state index in [1.807, 2.05) is 6.92 Å². The molecule has 1 aromatic rings. The Morgan fingerprint density at radius 2 is 2.31 bits per heavy atom. The van der Waals surface area contributed by atoms with Gasteiger partial charge in [-0.2, -0.15) is 0 Å². The molecule has 0 aliphatic carbocycles. The number of hydrogen-bond acceptors (Lipinski definition) is 3. The van der Waals surface area contributed by atoms with Gasteiger partial charge in [-0.1, -0.05) is 0 Å². The average Bonchev–Trinajstić information content (AvgIpc) is 2.28. The maximum atomic E-state index is 12.9. The molecule has 0 spiro atoms. The van der Waals surface area contributed by atoms with E-state index in [9.17, 15) is 9.50 Å². The van der Waals surface area contributed by atoms with E-state index >= 15 is 0 Å². The van der Waals surface area contributed by atoms with Crippen molar-refractivity contribution in [2.24, 2.45) is 0 Å². The van der Waals surface area contributed by atoms with Gasteiger partial charge in [0.1, 0.15) is 5.82 Å². The summed E-state index contributed by atoms with van der Waals surface area (Å²) in [5, 5.41) is 12.5. The number of hydrogen-bond donors (Lipinski definition) is 2. The van der Waals surface area contributed by atoms with Crippen molar-refractivity contribution in [3.05, 3.63) is 28.5 Å². The van der Waals surface area contributed by atoms with Crippen molar-refractivity contribution in [3.8, 4) is 0 Å². The minimum atomic E-state index is -0.566. The van der Waals surface area contributed by atoms with Crippen LogP contribution in [0.25, 0.3) is 0 Å². The molecule has 0 saturated carbocycles. The zero-order valence-electron chi connectivity index (χ0n) is 9.04. The molecule has 0 amide bonds. The van der Waals surface area contributed by atoms with Crippen LogP contribution in [-0.2, 0) is 4.74 Å². The Labute approximate surface area is 103 Å². The zero-order valence-corrected chi connectivity index (χ0v) is 10.6. The molecule has 0 aliphatic heterocycles. The summed E-state index contributed by atoms with van der Waals surface area (Å²) in [6.07, 6.45) is -0.566. The fraction of sp³-hybridized carbons (Fsp3) is 0.455. The van der Waals surface area contributed by atoms with E-state index in [0.29, 0.717) is 24.2 Å². The average molecular weight is 292 g/mol. The normalized spacial score (nSPS) is 12.5. The first-order valence-electron chi connectivity index (χ1n) is 5.08. The van der Waals surface area contributed by atoms with Crippen molar-refractivity contribution < 1.29 is 14.2 Å². The van der Waals surface area contributed by atoms with E-state index in [-0.39, 0.29) is 5.82 Å². The molecule has 1 aromatic carbocycles. The summed E-state index contributed by atoms with van der Waals surface area (Å²) in [5.74, 6) is -0.305. The third-order valence-corrected chi connectivity index (χ3v) is 2.58. The Hall–Kier alpha value is -0.650. The summed E-state index contributed by atoms with van der Waals surface area (Å²) in [4.78, 5) is 0. The number of benzene rings is 1. The molecule has 1 unspecified atom stereocenters. The van der Waals surface area contributed by atoms with Crippen molar-refractivity contribution in [2.45, 2.75) is 13.0 Å². The molecule has 90 valence electrons. The highest BCUT2D eigenvalue weighted by Crippen LogP contribution is 2.19. The molecule has 0 heterocycles. The maximum absolute atomic E-state index is 12.9. The third-order valence-electron chi connectivity index (χ3n) is 1.98. The van der Waals surface area contributed by atoms with E-state index in [4.69, 9.17) is 4.74 Å². The van der Waals surface area contributed by atoms with Crippen molar-refractivity contribution in [1.29, 1.82) is 0 Å². The fourth-order valence-corrected chi connectivity index (χ4v) is 1.53. The van der Waals surface area contributed by atoms with Gasteiger partial charge in [0.2, 0.25) is 0 Å². The molecule has 0 bridgehead atoms. The smallest absolute Gasteiger partial charge is 0.137 e. The molecule has 1 rings (SSSR count). The summed E-state index contributed by atoms with van der Waals surface area (Å²) in [6.45, 7) is 3.13. The lowest BCUT2D eigenvalue weighted by molar-refractivity contribution is 0.0496. The quantitative estimate of drug-likeness (QED) is 0.846. The van der Waals surface area contributed by atoms with Crippen LogP contribution in [0.15, 0.2) is 22.7 Å². The van der Waals surface area contributed by atoms with Crippen molar-refractivity contribution in [2.75, 3.05) is 25.1 Å². The van der Waals surface area contributed by atoms with Crippen LogP contribution in [-0.4, -0.2) is 31.0 Å². The molecule has 3 nitrogen and oxygen atoms in total. The molecular weight excluding hydrogens is 277 g/mol. The summed E-state index contributed by atoms with van der Waals surface area (Å²) in [5.41, 5.74) is 0.754. The van der Waals surface area contributed by atoms with Crippen molar-refractivity contribution >= 4 is 21.6 Å². The van der Waals surface area contributed by atoms with Gasteiger partial charge in [0.25, 0.3) is 0 Å². The summed E-state index contributed by atoms with van der Waals surface area (Å²) in [7, 11) is 0. The second kappa shape index (κ2) is 6.83. The highest BCUT2D eigenvalue weighted by atomic mass is 79.9. The van der Waals surface area contributed by atoms with Crippen LogP contribution in [0.1, 0.15) is 6.92 Å². The lowest BCUT2D eigenvalue weighted by Crippen LogP contribution is -2.24. The Kier molecular flexibility index (Phi) is 5.73. The summed E-state index contributed by atoms with van der Waals surface area (Å²) >= 11 is 3.09. The number of rotatable bonds is 6. The first-order chi connectivity index (χ1) is 7.63. The highest BCUT2D eigenvalue weighted by Gasteiger charge is 2.04. The van der Waals surface area contributed by atoms with Crippen LogP contribution in [0.2, 0.25) is 0 Å². The number of halogens is 2.